The molecule has 7 heteroatoms. The lowest BCUT2D eigenvalue weighted by molar-refractivity contribution is 0.414. The summed E-state index contributed by atoms with van der Waals surface area (Å²) in [5, 5.41) is 4.91. The molecule has 0 bridgehead atoms. The van der Waals surface area contributed by atoms with Crippen LogP contribution in [0.15, 0.2) is 18.2 Å². The van der Waals surface area contributed by atoms with Gasteiger partial charge in [-0.2, -0.15) is 13.6 Å². The van der Waals surface area contributed by atoms with Crippen molar-refractivity contribution in [2.75, 3.05) is 7.11 Å². The first-order valence-corrected chi connectivity index (χ1v) is 5.33. The molecule has 0 unspecified atom stereocenters. The molecule has 0 amide bonds. The predicted octanol–water partition coefficient (Wildman–Crippen LogP) is 0.931. The topological polar surface area (TPSA) is 78.6 Å². The molecule has 0 spiro atoms. The molecular formula is C7H8ClNO4S. The van der Waals surface area contributed by atoms with Crippen molar-refractivity contribution in [1.82, 2.24) is 0 Å². The lowest BCUT2D eigenvalue weighted by atomic mass is 10.3. The fraction of sp³-hybridized carbons (Fsp3) is 0.143. The van der Waals surface area contributed by atoms with Gasteiger partial charge in [0.2, 0.25) is 0 Å². The first-order chi connectivity index (χ1) is 6.42. The van der Waals surface area contributed by atoms with E-state index in [9.17, 15) is 8.42 Å². The molecular weight excluding hydrogens is 230 g/mol. The molecule has 0 fully saturated rings. The third kappa shape index (κ3) is 3.06. The van der Waals surface area contributed by atoms with Crippen LogP contribution < -0.4 is 14.1 Å². The van der Waals surface area contributed by atoms with E-state index in [0.717, 1.165) is 0 Å². The van der Waals surface area contributed by atoms with E-state index in [-0.39, 0.29) is 10.8 Å². The molecule has 5 nitrogen and oxygen atoms in total. The molecule has 0 atom stereocenters. The molecule has 1 aromatic carbocycles. The summed E-state index contributed by atoms with van der Waals surface area (Å²) in [6.07, 6.45) is 0. The van der Waals surface area contributed by atoms with Crippen LogP contribution in [0.2, 0.25) is 5.02 Å². The highest BCUT2D eigenvalue weighted by molar-refractivity contribution is 7.84. The van der Waals surface area contributed by atoms with Gasteiger partial charge in [-0.05, 0) is 12.1 Å². The summed E-state index contributed by atoms with van der Waals surface area (Å²) in [6, 6.07) is 4.16. The number of hydrogen-bond acceptors (Lipinski definition) is 4. The van der Waals surface area contributed by atoms with Crippen LogP contribution in [0.3, 0.4) is 0 Å². The molecule has 0 aliphatic carbocycles. The minimum Gasteiger partial charge on any atom is -0.495 e. The lowest BCUT2D eigenvalue weighted by Crippen LogP contribution is -2.18. The third-order valence-corrected chi connectivity index (χ3v) is 2.06. The maximum absolute atomic E-state index is 10.5. The fourth-order valence-corrected chi connectivity index (χ4v) is 1.45. The van der Waals surface area contributed by atoms with Crippen molar-refractivity contribution in [2.24, 2.45) is 5.14 Å². The second kappa shape index (κ2) is 4.04. The number of nitrogens with two attached hydrogens (primary N) is 1. The minimum atomic E-state index is -4.01. The van der Waals surface area contributed by atoms with Gasteiger partial charge in [0, 0.05) is 6.07 Å². The van der Waals surface area contributed by atoms with Crippen LogP contribution in [0, 0.1) is 0 Å². The van der Waals surface area contributed by atoms with Gasteiger partial charge in [-0.25, -0.2) is 0 Å². The van der Waals surface area contributed by atoms with E-state index < -0.39 is 10.3 Å². The van der Waals surface area contributed by atoms with Gasteiger partial charge in [0.05, 0.1) is 12.1 Å². The highest BCUT2D eigenvalue weighted by Gasteiger charge is 2.07. The van der Waals surface area contributed by atoms with Gasteiger partial charge in [0.15, 0.2) is 0 Å². The Hall–Kier alpha value is -0.980. The summed E-state index contributed by atoms with van der Waals surface area (Å²) in [5.41, 5.74) is 0. The Bertz CT molecular complexity index is 431. The van der Waals surface area contributed by atoms with Crippen LogP contribution in [0.5, 0.6) is 11.5 Å². The summed E-state index contributed by atoms with van der Waals surface area (Å²) in [7, 11) is -2.57. The normalized spacial score (nSPS) is 11.1. The van der Waals surface area contributed by atoms with Gasteiger partial charge >= 0.3 is 10.3 Å². The Kier molecular flexibility index (Phi) is 3.20. The molecule has 0 radical (unpaired) electrons. The van der Waals surface area contributed by atoms with Gasteiger partial charge < -0.3 is 8.92 Å². The van der Waals surface area contributed by atoms with Crippen LogP contribution in [-0.2, 0) is 10.3 Å². The van der Waals surface area contributed by atoms with E-state index in [4.69, 9.17) is 16.3 Å². The number of rotatable bonds is 3. The number of halogens is 1. The molecule has 2 N–H and O–H groups in total. The average molecular weight is 238 g/mol. The van der Waals surface area contributed by atoms with E-state index in [0.29, 0.717) is 5.75 Å². The molecule has 0 aromatic heterocycles. The first-order valence-electron chi connectivity index (χ1n) is 3.48. The summed E-state index contributed by atoms with van der Waals surface area (Å²) in [4.78, 5) is 0. The van der Waals surface area contributed by atoms with E-state index in [1.807, 2.05) is 0 Å². The fourth-order valence-electron chi connectivity index (χ4n) is 0.833. The molecule has 0 heterocycles. The van der Waals surface area contributed by atoms with Crippen LogP contribution in [0.4, 0.5) is 0 Å². The molecule has 14 heavy (non-hydrogen) atoms. The molecule has 78 valence electrons. The number of ether oxygens (including phenoxy) is 1. The van der Waals surface area contributed by atoms with Gasteiger partial charge in [-0.15, -0.1) is 0 Å². The number of benzene rings is 1. The highest BCUT2D eigenvalue weighted by Crippen LogP contribution is 2.28. The zero-order chi connectivity index (χ0) is 10.8. The van der Waals surface area contributed by atoms with E-state index >= 15 is 0 Å². The molecule has 0 aliphatic rings. The molecule has 1 rings (SSSR count). The molecule has 0 saturated carbocycles. The Balaban J connectivity index is 2.98. The minimum absolute atomic E-state index is 0.0401. The first kappa shape index (κ1) is 11.1. The van der Waals surface area contributed by atoms with Crippen molar-refractivity contribution < 1.29 is 17.3 Å². The zero-order valence-electron chi connectivity index (χ0n) is 7.23. The number of methoxy groups -OCH3 is 1. The largest absolute Gasteiger partial charge is 0.495 e. The van der Waals surface area contributed by atoms with Crippen LogP contribution in [0.1, 0.15) is 0 Å². The standard InChI is InChI=1S/C7H8ClNO4S/c1-12-7-3-2-5(4-6(7)8)13-14(9,10)11/h2-4H,1H3,(H2,9,10,11). The Morgan fingerprint density at radius 2 is 2.07 bits per heavy atom. The summed E-state index contributed by atoms with van der Waals surface area (Å²) >= 11 is 5.72. The summed E-state index contributed by atoms with van der Waals surface area (Å²) < 4.78 is 30.3. The summed E-state index contributed by atoms with van der Waals surface area (Å²) in [5.74, 6) is 0.465. The van der Waals surface area contributed by atoms with Gasteiger partial charge in [-0.3, -0.25) is 0 Å². The van der Waals surface area contributed by atoms with Gasteiger partial charge in [-0.1, -0.05) is 11.6 Å². The Morgan fingerprint density at radius 1 is 1.43 bits per heavy atom. The van der Waals surface area contributed by atoms with Gasteiger partial charge in [0.1, 0.15) is 11.5 Å². The van der Waals surface area contributed by atoms with E-state index in [1.165, 1.54) is 25.3 Å². The monoisotopic (exact) mass is 237 g/mol. The van der Waals surface area contributed by atoms with Crippen molar-refractivity contribution >= 4 is 21.9 Å². The van der Waals surface area contributed by atoms with E-state index in [2.05, 4.69) is 9.32 Å². The quantitative estimate of drug-likeness (QED) is 0.848. The SMILES string of the molecule is COc1ccc(OS(N)(=O)=O)cc1Cl. The van der Waals surface area contributed by atoms with Crippen molar-refractivity contribution in [3.8, 4) is 11.5 Å². The van der Waals surface area contributed by atoms with Crippen molar-refractivity contribution in [2.45, 2.75) is 0 Å². The third-order valence-electron chi connectivity index (χ3n) is 1.34. The Labute approximate surface area is 86.6 Å². The smallest absolute Gasteiger partial charge is 0.380 e. The average Bonchev–Trinajstić information content (AvgIpc) is 2.01. The van der Waals surface area contributed by atoms with Gasteiger partial charge in [0.25, 0.3) is 0 Å². The second-order valence-corrected chi connectivity index (χ2v) is 3.93. The maximum atomic E-state index is 10.5. The number of hydrogen-bond donors (Lipinski definition) is 1. The van der Waals surface area contributed by atoms with Crippen LogP contribution in [0.25, 0.3) is 0 Å². The van der Waals surface area contributed by atoms with E-state index in [1.54, 1.807) is 0 Å². The second-order valence-electron chi connectivity index (χ2n) is 2.37. The highest BCUT2D eigenvalue weighted by atomic mass is 35.5. The lowest BCUT2D eigenvalue weighted by Gasteiger charge is -2.05. The Morgan fingerprint density at radius 3 is 2.50 bits per heavy atom. The zero-order valence-corrected chi connectivity index (χ0v) is 8.80. The van der Waals surface area contributed by atoms with Crippen molar-refractivity contribution in [3.63, 3.8) is 0 Å². The summed E-state index contributed by atoms with van der Waals surface area (Å²) in [6.45, 7) is 0. The maximum Gasteiger partial charge on any atom is 0.380 e. The van der Waals surface area contributed by atoms with Crippen LogP contribution in [-0.4, -0.2) is 15.5 Å². The van der Waals surface area contributed by atoms with Crippen LogP contribution >= 0.6 is 11.6 Å². The molecule has 1 aromatic rings. The van der Waals surface area contributed by atoms with Crippen molar-refractivity contribution in [1.29, 1.82) is 0 Å². The predicted molar refractivity (Wildman–Crippen MR) is 51.7 cm³/mol. The molecule has 0 saturated heterocycles. The van der Waals surface area contributed by atoms with Crippen molar-refractivity contribution in [3.05, 3.63) is 23.2 Å². The molecule has 0 aliphatic heterocycles.